The van der Waals surface area contributed by atoms with Gasteiger partial charge in [0.2, 0.25) is 5.82 Å². The van der Waals surface area contributed by atoms with E-state index in [4.69, 9.17) is 13.9 Å². The van der Waals surface area contributed by atoms with Crippen molar-refractivity contribution in [3.63, 3.8) is 0 Å². The number of benzene rings is 1. The average Bonchev–Trinajstić information content (AvgIpc) is 3.49. The molecule has 11 heteroatoms. The lowest BCUT2D eigenvalue weighted by Crippen LogP contribution is -2.24. The number of nitrogens with zero attached hydrogens (tertiary/aromatic N) is 5. The van der Waals surface area contributed by atoms with Crippen molar-refractivity contribution in [2.24, 2.45) is 0 Å². The Hall–Kier alpha value is -3.73. The molecule has 34 heavy (non-hydrogen) atoms. The molecule has 0 fully saturated rings. The van der Waals surface area contributed by atoms with Crippen LogP contribution in [0.1, 0.15) is 24.1 Å². The summed E-state index contributed by atoms with van der Waals surface area (Å²) in [7, 11) is -0.602. The summed E-state index contributed by atoms with van der Waals surface area (Å²) in [4.78, 5) is 0. The molecule has 0 N–H and O–H groups in total. The van der Waals surface area contributed by atoms with Crippen molar-refractivity contribution in [2.45, 2.75) is 31.3 Å². The zero-order valence-corrected chi connectivity index (χ0v) is 20.1. The Bertz CT molecular complexity index is 1340. The van der Waals surface area contributed by atoms with E-state index in [0.29, 0.717) is 34.5 Å². The maximum atomic E-state index is 13.3. The highest BCUT2D eigenvalue weighted by Gasteiger charge is 2.29. The van der Waals surface area contributed by atoms with Crippen LogP contribution in [0, 0.1) is 6.92 Å². The molecule has 0 aliphatic rings. The van der Waals surface area contributed by atoms with Gasteiger partial charge in [0, 0.05) is 6.42 Å². The minimum atomic E-state index is -3.65. The Morgan fingerprint density at radius 3 is 2.29 bits per heavy atom. The smallest absolute Gasteiger partial charge is 0.204 e. The van der Waals surface area contributed by atoms with E-state index in [1.54, 1.807) is 47.9 Å². The zero-order chi connectivity index (χ0) is 24.3. The summed E-state index contributed by atoms with van der Waals surface area (Å²) >= 11 is 0. The maximum absolute atomic E-state index is 13.3. The SMILES string of the molecule is COc1cccc(OC)c1-n1c(CS(=O)(=O)[C@H](C)Cc2ccc(C)nn2)nnc1-c1ccco1. The van der Waals surface area contributed by atoms with E-state index in [-0.39, 0.29) is 18.0 Å². The number of hydrogen-bond donors (Lipinski definition) is 0. The fraction of sp³-hybridized carbons (Fsp3) is 0.304. The topological polar surface area (TPSA) is 122 Å². The predicted octanol–water partition coefficient (Wildman–Crippen LogP) is 3.19. The molecule has 1 aromatic carbocycles. The molecular weight excluding hydrogens is 458 g/mol. The van der Waals surface area contributed by atoms with Crippen molar-refractivity contribution in [2.75, 3.05) is 14.2 Å². The summed E-state index contributed by atoms with van der Waals surface area (Å²) in [6.45, 7) is 3.47. The van der Waals surface area contributed by atoms with Crippen molar-refractivity contribution in [1.29, 1.82) is 0 Å². The fourth-order valence-electron chi connectivity index (χ4n) is 3.54. The van der Waals surface area contributed by atoms with Crippen LogP contribution in [0.3, 0.4) is 0 Å². The van der Waals surface area contributed by atoms with E-state index in [2.05, 4.69) is 20.4 Å². The number of hydrogen-bond acceptors (Lipinski definition) is 9. The Labute approximate surface area is 197 Å². The van der Waals surface area contributed by atoms with Crippen LogP contribution in [-0.4, -0.2) is 52.8 Å². The number of para-hydroxylation sites is 1. The number of rotatable bonds is 9. The molecule has 0 amide bonds. The molecule has 4 rings (SSSR count). The summed E-state index contributed by atoms with van der Waals surface area (Å²) in [6, 6.07) is 12.3. The number of aromatic nitrogens is 5. The van der Waals surface area contributed by atoms with Gasteiger partial charge in [0.25, 0.3) is 0 Å². The lowest BCUT2D eigenvalue weighted by Gasteiger charge is -2.18. The summed E-state index contributed by atoms with van der Waals surface area (Å²) in [5.74, 6) is 1.53. The van der Waals surface area contributed by atoms with Gasteiger partial charge in [-0.2, -0.15) is 10.2 Å². The first-order valence-electron chi connectivity index (χ1n) is 10.5. The van der Waals surface area contributed by atoms with Crippen LogP contribution in [0.4, 0.5) is 0 Å². The zero-order valence-electron chi connectivity index (χ0n) is 19.3. The van der Waals surface area contributed by atoms with Crippen molar-refractivity contribution < 1.29 is 22.3 Å². The van der Waals surface area contributed by atoms with Crippen molar-refractivity contribution in [1.82, 2.24) is 25.0 Å². The van der Waals surface area contributed by atoms with E-state index in [1.807, 2.05) is 13.0 Å². The van der Waals surface area contributed by atoms with Gasteiger partial charge in [-0.15, -0.1) is 10.2 Å². The predicted molar refractivity (Wildman–Crippen MR) is 125 cm³/mol. The van der Waals surface area contributed by atoms with Crippen molar-refractivity contribution in [3.8, 4) is 28.8 Å². The number of sulfone groups is 1. The number of furan rings is 1. The third kappa shape index (κ3) is 4.65. The molecular formula is C23H25N5O5S. The minimum absolute atomic E-state index is 0.205. The van der Waals surface area contributed by atoms with E-state index in [9.17, 15) is 8.42 Å². The van der Waals surface area contributed by atoms with Crippen LogP contribution >= 0.6 is 0 Å². The molecule has 1 atom stereocenters. The van der Waals surface area contributed by atoms with Crippen LogP contribution in [-0.2, 0) is 22.0 Å². The van der Waals surface area contributed by atoms with Gasteiger partial charge in [-0.3, -0.25) is 4.57 Å². The van der Waals surface area contributed by atoms with Gasteiger partial charge >= 0.3 is 0 Å². The third-order valence-electron chi connectivity index (χ3n) is 5.39. The molecule has 3 heterocycles. The molecule has 0 unspecified atom stereocenters. The third-order valence-corrected chi connectivity index (χ3v) is 7.44. The first-order chi connectivity index (χ1) is 16.3. The Kier molecular flexibility index (Phi) is 6.64. The fourth-order valence-corrected chi connectivity index (χ4v) is 4.80. The summed E-state index contributed by atoms with van der Waals surface area (Å²) in [5.41, 5.74) is 1.85. The molecule has 0 radical (unpaired) electrons. The Morgan fingerprint density at radius 2 is 1.71 bits per heavy atom. The van der Waals surface area contributed by atoms with Gasteiger partial charge < -0.3 is 13.9 Å². The van der Waals surface area contributed by atoms with Crippen molar-refractivity contribution in [3.05, 3.63) is 65.9 Å². The highest BCUT2D eigenvalue weighted by atomic mass is 32.2. The Morgan fingerprint density at radius 1 is 0.971 bits per heavy atom. The molecule has 0 saturated heterocycles. The van der Waals surface area contributed by atoms with Gasteiger partial charge in [-0.25, -0.2) is 8.42 Å². The van der Waals surface area contributed by atoms with Crippen LogP contribution in [0.5, 0.6) is 11.5 Å². The van der Waals surface area contributed by atoms with E-state index in [1.165, 1.54) is 20.5 Å². The summed E-state index contributed by atoms with van der Waals surface area (Å²) in [6.07, 6.45) is 1.74. The van der Waals surface area contributed by atoms with E-state index >= 15 is 0 Å². The molecule has 4 aromatic rings. The van der Waals surface area contributed by atoms with Crippen LogP contribution in [0.25, 0.3) is 17.3 Å². The number of aryl methyl sites for hydroxylation is 1. The monoisotopic (exact) mass is 483 g/mol. The van der Waals surface area contributed by atoms with Gasteiger partial charge in [0.15, 0.2) is 21.4 Å². The first-order valence-corrected chi connectivity index (χ1v) is 12.3. The minimum Gasteiger partial charge on any atom is -0.494 e. The normalized spacial score (nSPS) is 12.5. The first kappa shape index (κ1) is 23.4. The van der Waals surface area contributed by atoms with Crippen LogP contribution in [0.15, 0.2) is 53.1 Å². The lowest BCUT2D eigenvalue weighted by molar-refractivity contribution is 0.390. The summed E-state index contributed by atoms with van der Waals surface area (Å²) in [5, 5.41) is 15.9. The molecule has 178 valence electrons. The standard InChI is InChI=1S/C23H25N5O5S/c1-15-10-11-17(25-24-15)13-16(2)34(29,30)14-21-26-27-23(20-9-6-12-33-20)28(21)22-18(31-3)7-5-8-19(22)32-4/h5-12,16H,13-14H2,1-4H3/t16-/m1/s1. The van der Waals surface area contributed by atoms with E-state index in [0.717, 1.165) is 5.69 Å². The number of ether oxygens (including phenoxy) is 2. The molecule has 10 nitrogen and oxygen atoms in total. The molecule has 0 spiro atoms. The maximum Gasteiger partial charge on any atom is 0.204 e. The highest BCUT2D eigenvalue weighted by Crippen LogP contribution is 2.36. The Balaban J connectivity index is 1.77. The molecule has 0 aliphatic carbocycles. The van der Waals surface area contributed by atoms with Gasteiger partial charge in [-0.05, 0) is 50.2 Å². The van der Waals surface area contributed by atoms with Gasteiger partial charge in [-0.1, -0.05) is 6.07 Å². The molecule has 0 bridgehead atoms. The van der Waals surface area contributed by atoms with E-state index < -0.39 is 15.1 Å². The molecule has 0 saturated carbocycles. The van der Waals surface area contributed by atoms with Crippen LogP contribution < -0.4 is 9.47 Å². The van der Waals surface area contributed by atoms with Crippen molar-refractivity contribution >= 4 is 9.84 Å². The second kappa shape index (κ2) is 9.64. The molecule has 0 aliphatic heterocycles. The summed E-state index contributed by atoms with van der Waals surface area (Å²) < 4.78 is 44.9. The largest absolute Gasteiger partial charge is 0.494 e. The quantitative estimate of drug-likeness (QED) is 0.353. The van der Waals surface area contributed by atoms with Gasteiger partial charge in [0.1, 0.15) is 22.9 Å². The van der Waals surface area contributed by atoms with Gasteiger partial charge in [0.05, 0.1) is 37.1 Å². The number of methoxy groups -OCH3 is 2. The average molecular weight is 484 g/mol. The molecule has 3 aromatic heterocycles. The lowest BCUT2D eigenvalue weighted by atomic mass is 10.2. The van der Waals surface area contributed by atoms with Crippen LogP contribution in [0.2, 0.25) is 0 Å². The highest BCUT2D eigenvalue weighted by molar-refractivity contribution is 7.91. The second-order valence-electron chi connectivity index (χ2n) is 7.75. The second-order valence-corrected chi connectivity index (χ2v) is 10.2.